The lowest BCUT2D eigenvalue weighted by molar-refractivity contribution is -0.114. The highest BCUT2D eigenvalue weighted by atomic mass is 35.5. The van der Waals surface area contributed by atoms with Gasteiger partial charge in [0, 0.05) is 28.2 Å². The molecule has 0 bridgehead atoms. The number of hydrogen-bond acceptors (Lipinski definition) is 4. The van der Waals surface area contributed by atoms with Crippen LogP contribution in [0, 0.1) is 11.2 Å². The minimum atomic E-state index is -0.511. The highest BCUT2D eigenvalue weighted by molar-refractivity contribution is 8.27. The molecule has 6 nitrogen and oxygen atoms in total. The van der Waals surface area contributed by atoms with Crippen LogP contribution in [0.25, 0.3) is 11.8 Å². The Morgan fingerprint density at radius 2 is 1.81 bits per heavy atom. The van der Waals surface area contributed by atoms with E-state index in [0.29, 0.717) is 26.5 Å². The van der Waals surface area contributed by atoms with E-state index in [9.17, 15) is 9.18 Å². The van der Waals surface area contributed by atoms with Crippen molar-refractivity contribution in [2.24, 2.45) is 10.1 Å². The van der Waals surface area contributed by atoms with Crippen molar-refractivity contribution < 1.29 is 9.18 Å². The topological polar surface area (TPSA) is 73.8 Å². The van der Waals surface area contributed by atoms with Gasteiger partial charge in [-0.1, -0.05) is 11.6 Å². The number of thioether (sulfide) groups is 1. The molecule has 152 valence electrons. The quantitative estimate of drug-likeness (QED) is 0.576. The van der Waals surface area contributed by atoms with E-state index in [1.54, 1.807) is 30.3 Å². The summed E-state index contributed by atoms with van der Waals surface area (Å²) in [5, 5.41) is 15.8. The van der Waals surface area contributed by atoms with Gasteiger partial charge in [-0.05, 0) is 78.5 Å². The number of carbonyl (C=O) groups is 1. The number of amides is 1. The summed E-state index contributed by atoms with van der Waals surface area (Å²) in [5.41, 5.74) is 2.39. The first-order valence-electron chi connectivity index (χ1n) is 9.19. The molecule has 0 atom stereocenters. The summed E-state index contributed by atoms with van der Waals surface area (Å²) in [6, 6.07) is 16.9. The molecular formula is C22H13ClFN5OS. The first-order chi connectivity index (χ1) is 15.0. The number of hydrazone groups is 1. The van der Waals surface area contributed by atoms with E-state index in [1.807, 2.05) is 35.0 Å². The van der Waals surface area contributed by atoms with Gasteiger partial charge in [0.1, 0.15) is 10.9 Å². The molecule has 1 amide bonds. The molecule has 0 saturated heterocycles. The summed E-state index contributed by atoms with van der Waals surface area (Å²) in [6.45, 7) is 0. The number of amidine groups is 2. The van der Waals surface area contributed by atoms with Crippen molar-refractivity contribution in [3.8, 4) is 5.69 Å². The van der Waals surface area contributed by atoms with Crippen molar-refractivity contribution >= 4 is 51.4 Å². The van der Waals surface area contributed by atoms with E-state index in [2.05, 4.69) is 10.1 Å². The van der Waals surface area contributed by atoms with Crippen LogP contribution >= 0.6 is 23.4 Å². The van der Waals surface area contributed by atoms with E-state index >= 15 is 0 Å². The Bertz CT molecular complexity index is 1310. The average Bonchev–Trinajstić information content (AvgIpc) is 3.39. The van der Waals surface area contributed by atoms with Gasteiger partial charge in [0.25, 0.3) is 5.91 Å². The zero-order chi connectivity index (χ0) is 21.5. The number of rotatable bonds is 3. The third kappa shape index (κ3) is 3.60. The molecule has 2 aromatic carbocycles. The molecule has 3 heterocycles. The van der Waals surface area contributed by atoms with Crippen molar-refractivity contribution in [1.29, 1.82) is 5.41 Å². The Labute approximate surface area is 185 Å². The molecule has 0 aliphatic carbocycles. The van der Waals surface area contributed by atoms with E-state index in [4.69, 9.17) is 17.0 Å². The van der Waals surface area contributed by atoms with E-state index in [-0.39, 0.29) is 17.2 Å². The number of aromatic nitrogens is 1. The van der Waals surface area contributed by atoms with Crippen molar-refractivity contribution in [3.05, 3.63) is 94.5 Å². The van der Waals surface area contributed by atoms with Gasteiger partial charge in [0.2, 0.25) is 5.17 Å². The molecule has 0 fully saturated rings. The second kappa shape index (κ2) is 7.64. The minimum absolute atomic E-state index is 0.0662. The molecule has 2 aliphatic rings. The van der Waals surface area contributed by atoms with Gasteiger partial charge in [-0.25, -0.2) is 4.39 Å². The molecule has 31 heavy (non-hydrogen) atoms. The Morgan fingerprint density at radius 3 is 2.55 bits per heavy atom. The van der Waals surface area contributed by atoms with Crippen molar-refractivity contribution in [2.75, 3.05) is 0 Å². The van der Waals surface area contributed by atoms with Crippen LogP contribution in [0.3, 0.4) is 0 Å². The number of aliphatic imine (C=N–C) groups is 1. The summed E-state index contributed by atoms with van der Waals surface area (Å²) in [6.07, 6.45) is 3.48. The number of halogens is 2. The molecule has 5 rings (SSSR count). The van der Waals surface area contributed by atoms with Crippen molar-refractivity contribution in [3.63, 3.8) is 0 Å². The largest absolute Gasteiger partial charge is 0.317 e. The predicted octanol–water partition coefficient (Wildman–Crippen LogP) is 4.94. The first-order valence-corrected chi connectivity index (χ1v) is 10.4. The number of carbonyl (C=O) groups excluding carboxylic acids is 1. The number of nitrogens with zero attached hydrogens (tertiary/aromatic N) is 4. The molecule has 0 spiro atoms. The number of hydrogen-bond donors (Lipinski definition) is 1. The molecule has 1 N–H and O–H groups in total. The second-order valence-corrected chi connectivity index (χ2v) is 8.10. The second-order valence-electron chi connectivity index (χ2n) is 6.71. The van der Waals surface area contributed by atoms with Gasteiger partial charge >= 0.3 is 0 Å². The van der Waals surface area contributed by atoms with Crippen LogP contribution in [0.2, 0.25) is 5.02 Å². The van der Waals surface area contributed by atoms with Gasteiger partial charge in [-0.15, -0.1) is 0 Å². The molecule has 2 aliphatic heterocycles. The molecule has 1 aromatic heterocycles. The van der Waals surface area contributed by atoms with E-state index in [0.717, 1.165) is 5.69 Å². The lowest BCUT2D eigenvalue weighted by Gasteiger charge is -2.20. The third-order valence-corrected chi connectivity index (χ3v) is 5.93. The van der Waals surface area contributed by atoms with Crippen LogP contribution in [0.5, 0.6) is 0 Å². The summed E-state index contributed by atoms with van der Waals surface area (Å²) >= 11 is 7.14. The van der Waals surface area contributed by atoms with Crippen LogP contribution in [0.1, 0.15) is 11.3 Å². The molecule has 0 radical (unpaired) electrons. The summed E-state index contributed by atoms with van der Waals surface area (Å²) in [7, 11) is 0. The fourth-order valence-corrected chi connectivity index (χ4v) is 4.22. The standard InChI is InChI=1S/C22H13ClFN5OS/c23-14-5-9-16(10-6-14)28-11-1-2-17(28)12-18-19(25)29-22(26-20(18)30)31-21(27-29)13-3-7-15(24)8-4-13/h1-12,25H/b18-12+,25-19?. The number of benzene rings is 2. The zero-order valence-electron chi connectivity index (χ0n) is 15.8. The Morgan fingerprint density at radius 1 is 1.06 bits per heavy atom. The van der Waals surface area contributed by atoms with Gasteiger partial charge in [-0.2, -0.15) is 15.1 Å². The lowest BCUT2D eigenvalue weighted by Crippen LogP contribution is -2.35. The fourth-order valence-electron chi connectivity index (χ4n) is 3.20. The highest BCUT2D eigenvalue weighted by Gasteiger charge is 2.36. The summed E-state index contributed by atoms with van der Waals surface area (Å²) in [5.74, 6) is -0.925. The molecule has 0 saturated carbocycles. The Kier molecular flexibility index (Phi) is 4.80. The maximum absolute atomic E-state index is 13.2. The van der Waals surface area contributed by atoms with Gasteiger partial charge in [0.05, 0.1) is 5.57 Å². The Balaban J connectivity index is 1.49. The van der Waals surface area contributed by atoms with Crippen LogP contribution in [0.15, 0.2) is 82.5 Å². The number of nitrogens with one attached hydrogen (secondary N) is 1. The van der Waals surface area contributed by atoms with Crippen LogP contribution < -0.4 is 0 Å². The van der Waals surface area contributed by atoms with E-state index in [1.165, 1.54) is 28.9 Å². The molecule has 9 heteroatoms. The van der Waals surface area contributed by atoms with Crippen LogP contribution in [-0.2, 0) is 4.79 Å². The van der Waals surface area contributed by atoms with Crippen molar-refractivity contribution in [2.45, 2.75) is 0 Å². The minimum Gasteiger partial charge on any atom is -0.317 e. The first kappa shape index (κ1) is 19.5. The molecule has 3 aromatic rings. The summed E-state index contributed by atoms with van der Waals surface area (Å²) in [4.78, 5) is 16.8. The van der Waals surface area contributed by atoms with Crippen LogP contribution in [-0.4, -0.2) is 31.5 Å². The smallest absolute Gasteiger partial charge is 0.283 e. The van der Waals surface area contributed by atoms with Gasteiger partial charge < -0.3 is 4.57 Å². The third-order valence-electron chi connectivity index (χ3n) is 4.72. The highest BCUT2D eigenvalue weighted by Crippen LogP contribution is 2.31. The number of fused-ring (bicyclic) bond motifs is 1. The van der Waals surface area contributed by atoms with Gasteiger partial charge in [-0.3, -0.25) is 10.2 Å². The molecule has 0 unspecified atom stereocenters. The maximum Gasteiger partial charge on any atom is 0.283 e. The van der Waals surface area contributed by atoms with E-state index < -0.39 is 5.91 Å². The predicted molar refractivity (Wildman–Crippen MR) is 121 cm³/mol. The fraction of sp³-hybridized carbons (Fsp3) is 0. The monoisotopic (exact) mass is 449 g/mol. The van der Waals surface area contributed by atoms with Gasteiger partial charge in [0.15, 0.2) is 5.84 Å². The molecular weight excluding hydrogens is 437 g/mol. The lowest BCUT2D eigenvalue weighted by atomic mass is 10.1. The normalized spacial score (nSPS) is 17.1. The zero-order valence-corrected chi connectivity index (χ0v) is 17.4. The summed E-state index contributed by atoms with van der Waals surface area (Å²) < 4.78 is 15.1. The van der Waals surface area contributed by atoms with Crippen LogP contribution in [0.4, 0.5) is 4.39 Å². The SMILES string of the molecule is N=C1/C(=C\c2cccn2-c2ccc(Cl)cc2)C(=O)N=C2SC(c3ccc(F)cc3)=NN12. The Hall–Kier alpha value is -3.49. The van der Waals surface area contributed by atoms with Crippen molar-refractivity contribution in [1.82, 2.24) is 9.58 Å². The average molecular weight is 450 g/mol. The maximum atomic E-state index is 13.2.